The molecule has 2 N–H and O–H groups in total. The fraction of sp³-hybridized carbons (Fsp3) is 0.357. The van der Waals surface area contributed by atoms with Crippen LogP contribution in [0.3, 0.4) is 0 Å². The molecule has 8 heteroatoms. The van der Waals surface area contributed by atoms with E-state index in [0.29, 0.717) is 5.57 Å². The van der Waals surface area contributed by atoms with E-state index in [1.54, 1.807) is 0 Å². The van der Waals surface area contributed by atoms with Crippen LogP contribution in [-0.4, -0.2) is 33.9 Å². The molecule has 0 aromatic carbocycles. The second-order valence-electron chi connectivity index (χ2n) is 4.98. The smallest absolute Gasteiger partial charge is 0.352 e. The SMILES string of the molecule is COC(=O)C1=CNC(C(=O)O)=CSC1c1cc2n(n1)CCC2. The monoisotopic (exact) mass is 321 g/mol. The van der Waals surface area contributed by atoms with Gasteiger partial charge in [0.05, 0.1) is 23.6 Å². The molecule has 0 fully saturated rings. The minimum absolute atomic E-state index is 0.0145. The maximum Gasteiger partial charge on any atom is 0.352 e. The number of carbonyl (C=O) groups excluding carboxylic acids is 1. The zero-order valence-corrected chi connectivity index (χ0v) is 12.7. The summed E-state index contributed by atoms with van der Waals surface area (Å²) in [4.78, 5) is 23.1. The van der Waals surface area contributed by atoms with E-state index in [4.69, 9.17) is 9.84 Å². The summed E-state index contributed by atoms with van der Waals surface area (Å²) in [5.74, 6) is -1.58. The highest BCUT2D eigenvalue weighted by Crippen LogP contribution is 2.39. The lowest BCUT2D eigenvalue weighted by Gasteiger charge is -2.13. The number of nitrogens with one attached hydrogen (secondary N) is 1. The quantitative estimate of drug-likeness (QED) is 0.808. The molecule has 0 saturated heterocycles. The number of nitrogens with zero attached hydrogens (tertiary/aromatic N) is 2. The number of ether oxygens (including phenoxy) is 1. The summed E-state index contributed by atoms with van der Waals surface area (Å²) in [6.07, 6.45) is 3.43. The van der Waals surface area contributed by atoms with Crippen LogP contribution in [0.5, 0.6) is 0 Å². The van der Waals surface area contributed by atoms with Crippen LogP contribution in [0, 0.1) is 0 Å². The van der Waals surface area contributed by atoms with Gasteiger partial charge in [-0.2, -0.15) is 5.10 Å². The molecular formula is C14H15N3O4S. The molecule has 0 spiro atoms. The molecule has 1 unspecified atom stereocenters. The summed E-state index contributed by atoms with van der Waals surface area (Å²) in [5, 5.41) is 17.4. The number of carboxylic acid groups (broad SMARTS) is 1. The van der Waals surface area contributed by atoms with E-state index < -0.39 is 17.2 Å². The second-order valence-corrected chi connectivity index (χ2v) is 5.95. The number of fused-ring (bicyclic) bond motifs is 1. The average Bonchev–Trinajstić information content (AvgIpc) is 3.01. The van der Waals surface area contributed by atoms with Gasteiger partial charge in [-0.25, -0.2) is 9.59 Å². The lowest BCUT2D eigenvalue weighted by molar-refractivity contribution is -0.136. The molecule has 2 aliphatic rings. The maximum atomic E-state index is 12.0. The lowest BCUT2D eigenvalue weighted by Crippen LogP contribution is -2.17. The molecule has 0 aliphatic carbocycles. The fourth-order valence-corrected chi connectivity index (χ4v) is 3.52. The first-order valence-electron chi connectivity index (χ1n) is 6.80. The molecular weight excluding hydrogens is 306 g/mol. The molecule has 3 rings (SSSR count). The van der Waals surface area contributed by atoms with E-state index in [9.17, 15) is 9.59 Å². The summed E-state index contributed by atoms with van der Waals surface area (Å²) >= 11 is 1.23. The number of thioether (sulfide) groups is 1. The Hall–Kier alpha value is -2.22. The first-order chi connectivity index (χ1) is 10.6. The van der Waals surface area contributed by atoms with Crippen molar-refractivity contribution < 1.29 is 19.4 Å². The van der Waals surface area contributed by atoms with Crippen LogP contribution in [0.2, 0.25) is 0 Å². The number of methoxy groups -OCH3 is 1. The third kappa shape index (κ3) is 2.61. The van der Waals surface area contributed by atoms with Crippen molar-refractivity contribution in [2.75, 3.05) is 7.11 Å². The molecule has 0 bridgehead atoms. The molecule has 0 saturated carbocycles. The Bertz CT molecular complexity index is 671. The van der Waals surface area contributed by atoms with Gasteiger partial charge in [0, 0.05) is 23.8 Å². The van der Waals surface area contributed by atoms with Crippen molar-refractivity contribution in [3.63, 3.8) is 0 Å². The van der Waals surface area contributed by atoms with Crippen molar-refractivity contribution in [1.29, 1.82) is 0 Å². The minimum atomic E-state index is -1.08. The molecule has 3 heterocycles. The highest BCUT2D eigenvalue weighted by atomic mass is 32.2. The number of aromatic nitrogens is 2. The Balaban J connectivity index is 1.97. The number of hydrogen-bond donors (Lipinski definition) is 2. The maximum absolute atomic E-state index is 12.0. The zero-order valence-electron chi connectivity index (χ0n) is 11.9. The molecule has 22 heavy (non-hydrogen) atoms. The minimum Gasteiger partial charge on any atom is -0.477 e. The Kier molecular flexibility index (Phi) is 3.93. The lowest BCUT2D eigenvalue weighted by atomic mass is 10.1. The Labute approximate surface area is 131 Å². The van der Waals surface area contributed by atoms with Crippen molar-refractivity contribution in [1.82, 2.24) is 15.1 Å². The first kappa shape index (κ1) is 14.7. The number of esters is 1. The first-order valence-corrected chi connectivity index (χ1v) is 7.75. The van der Waals surface area contributed by atoms with E-state index >= 15 is 0 Å². The van der Waals surface area contributed by atoms with Gasteiger partial charge in [0.2, 0.25) is 0 Å². The molecule has 7 nitrogen and oxygen atoms in total. The molecule has 116 valence electrons. The van der Waals surface area contributed by atoms with Gasteiger partial charge in [-0.1, -0.05) is 0 Å². The third-order valence-electron chi connectivity index (χ3n) is 3.59. The second kappa shape index (κ2) is 5.88. The van der Waals surface area contributed by atoms with Crippen LogP contribution in [-0.2, 0) is 27.3 Å². The van der Waals surface area contributed by atoms with Gasteiger partial charge in [-0.3, -0.25) is 4.68 Å². The Morgan fingerprint density at radius 3 is 3.05 bits per heavy atom. The van der Waals surface area contributed by atoms with E-state index in [-0.39, 0.29) is 5.70 Å². The van der Waals surface area contributed by atoms with Crippen molar-refractivity contribution in [3.05, 3.63) is 40.3 Å². The fourth-order valence-electron chi connectivity index (χ4n) is 2.51. The Morgan fingerprint density at radius 1 is 1.55 bits per heavy atom. The van der Waals surface area contributed by atoms with Gasteiger partial charge >= 0.3 is 11.9 Å². The van der Waals surface area contributed by atoms with E-state index in [0.717, 1.165) is 30.8 Å². The molecule has 1 aromatic heterocycles. The van der Waals surface area contributed by atoms with E-state index in [1.165, 1.54) is 30.5 Å². The summed E-state index contributed by atoms with van der Waals surface area (Å²) in [6.45, 7) is 0.873. The van der Waals surface area contributed by atoms with Gasteiger partial charge < -0.3 is 15.2 Å². The average molecular weight is 321 g/mol. The summed E-state index contributed by atoms with van der Waals surface area (Å²) in [6, 6.07) is 1.97. The molecule has 1 aromatic rings. The van der Waals surface area contributed by atoms with Crippen molar-refractivity contribution >= 4 is 23.7 Å². The number of aliphatic carboxylic acids is 1. The topological polar surface area (TPSA) is 93.5 Å². The number of carbonyl (C=O) groups is 2. The summed E-state index contributed by atoms with van der Waals surface area (Å²) in [7, 11) is 1.30. The standard InChI is InChI=1S/C14H15N3O4S/c1-21-14(20)9-6-15-11(13(18)19)7-22-12(9)10-5-8-3-2-4-17(8)16-10/h5-7,12,15H,2-4H2,1H3,(H,18,19). The highest BCUT2D eigenvalue weighted by molar-refractivity contribution is 8.02. The molecule has 1 atom stereocenters. The third-order valence-corrected chi connectivity index (χ3v) is 4.73. The van der Waals surface area contributed by atoms with Crippen molar-refractivity contribution in [3.8, 4) is 0 Å². The number of carboxylic acids is 1. The van der Waals surface area contributed by atoms with Crippen molar-refractivity contribution in [2.45, 2.75) is 24.6 Å². The predicted molar refractivity (Wildman–Crippen MR) is 79.8 cm³/mol. The molecule has 2 aliphatic heterocycles. The van der Waals surface area contributed by atoms with Crippen LogP contribution < -0.4 is 5.32 Å². The number of hydrogen-bond acceptors (Lipinski definition) is 6. The van der Waals surface area contributed by atoms with Gasteiger partial charge in [0.1, 0.15) is 5.70 Å². The summed E-state index contributed by atoms with van der Waals surface area (Å²) in [5.41, 5.74) is 2.23. The summed E-state index contributed by atoms with van der Waals surface area (Å²) < 4.78 is 6.74. The Morgan fingerprint density at radius 2 is 2.36 bits per heavy atom. The molecule has 0 radical (unpaired) electrons. The van der Waals surface area contributed by atoms with Gasteiger partial charge in [-0.15, -0.1) is 11.8 Å². The molecule has 0 amide bonds. The van der Waals surface area contributed by atoms with Crippen LogP contribution >= 0.6 is 11.8 Å². The van der Waals surface area contributed by atoms with Gasteiger partial charge in [0.25, 0.3) is 0 Å². The van der Waals surface area contributed by atoms with E-state index in [1.807, 2.05) is 10.7 Å². The van der Waals surface area contributed by atoms with Crippen LogP contribution in [0.25, 0.3) is 0 Å². The van der Waals surface area contributed by atoms with Gasteiger partial charge in [-0.05, 0) is 18.9 Å². The largest absolute Gasteiger partial charge is 0.477 e. The highest BCUT2D eigenvalue weighted by Gasteiger charge is 2.30. The van der Waals surface area contributed by atoms with Crippen LogP contribution in [0.15, 0.2) is 28.9 Å². The number of aryl methyl sites for hydroxylation is 2. The van der Waals surface area contributed by atoms with Crippen LogP contribution in [0.1, 0.15) is 23.1 Å². The predicted octanol–water partition coefficient (Wildman–Crippen LogP) is 1.19. The zero-order chi connectivity index (χ0) is 15.7. The van der Waals surface area contributed by atoms with Crippen LogP contribution in [0.4, 0.5) is 0 Å². The normalized spacial score (nSPS) is 20.3. The van der Waals surface area contributed by atoms with Gasteiger partial charge in [0.15, 0.2) is 0 Å². The van der Waals surface area contributed by atoms with Crippen molar-refractivity contribution in [2.24, 2.45) is 0 Å². The van der Waals surface area contributed by atoms with E-state index in [2.05, 4.69) is 10.4 Å². The number of rotatable bonds is 3.